The third-order valence-corrected chi connectivity index (χ3v) is 4.82. The van der Waals surface area contributed by atoms with Gasteiger partial charge in [-0.05, 0) is 48.4 Å². The number of nitrogens with one attached hydrogen (secondary N) is 1. The summed E-state index contributed by atoms with van der Waals surface area (Å²) in [5, 5.41) is 11.6. The summed E-state index contributed by atoms with van der Waals surface area (Å²) in [6, 6.07) is 16.8. The molecular formula is C22H24N4O2. The number of carbonyl (C=O) groups excluding carboxylic acids is 2. The fraction of sp³-hybridized carbons (Fsp3) is 0.318. The van der Waals surface area contributed by atoms with Crippen LogP contribution in [0, 0.1) is 11.3 Å². The van der Waals surface area contributed by atoms with Crippen LogP contribution in [-0.4, -0.2) is 47.8 Å². The molecule has 1 aliphatic heterocycles. The average Bonchev–Trinajstić information content (AvgIpc) is 2.94. The summed E-state index contributed by atoms with van der Waals surface area (Å²) >= 11 is 0. The smallest absolute Gasteiger partial charge is 0.253 e. The van der Waals surface area contributed by atoms with E-state index in [-0.39, 0.29) is 11.8 Å². The summed E-state index contributed by atoms with van der Waals surface area (Å²) in [5.74, 6) is -0.108. The highest BCUT2D eigenvalue weighted by molar-refractivity contribution is 5.95. The Morgan fingerprint density at radius 3 is 2.36 bits per heavy atom. The number of carbonyl (C=O) groups is 2. The van der Waals surface area contributed by atoms with E-state index in [1.165, 1.54) is 12.5 Å². The molecule has 1 fully saturated rings. The predicted molar refractivity (Wildman–Crippen MR) is 108 cm³/mol. The predicted octanol–water partition coefficient (Wildman–Crippen LogP) is 2.86. The largest absolute Gasteiger partial charge is 0.337 e. The van der Waals surface area contributed by atoms with Crippen molar-refractivity contribution >= 4 is 17.5 Å². The molecule has 3 rings (SSSR count). The van der Waals surface area contributed by atoms with Crippen molar-refractivity contribution < 1.29 is 9.59 Å². The SMILES string of the molecule is CC(=O)Nc1ccc(C(=O)N2CCCN(Cc3ccc(C#N)cc3)CC2)cc1. The summed E-state index contributed by atoms with van der Waals surface area (Å²) in [4.78, 5) is 28.2. The van der Waals surface area contributed by atoms with Gasteiger partial charge >= 0.3 is 0 Å². The molecule has 6 nitrogen and oxygen atoms in total. The lowest BCUT2D eigenvalue weighted by atomic mass is 10.1. The first-order valence-corrected chi connectivity index (χ1v) is 9.43. The number of nitriles is 1. The Morgan fingerprint density at radius 2 is 1.71 bits per heavy atom. The first kappa shape index (κ1) is 19.6. The van der Waals surface area contributed by atoms with E-state index in [2.05, 4.69) is 16.3 Å². The molecule has 0 aliphatic carbocycles. The summed E-state index contributed by atoms with van der Waals surface area (Å²) < 4.78 is 0. The molecular weight excluding hydrogens is 352 g/mol. The van der Waals surface area contributed by atoms with Gasteiger partial charge in [-0.25, -0.2) is 0 Å². The molecule has 0 bridgehead atoms. The van der Waals surface area contributed by atoms with Crippen molar-refractivity contribution in [2.75, 3.05) is 31.5 Å². The minimum atomic E-state index is -0.131. The Balaban J connectivity index is 1.57. The summed E-state index contributed by atoms with van der Waals surface area (Å²) in [7, 11) is 0. The molecule has 1 heterocycles. The zero-order valence-corrected chi connectivity index (χ0v) is 16.0. The molecule has 0 unspecified atom stereocenters. The molecule has 1 aliphatic rings. The van der Waals surface area contributed by atoms with Crippen molar-refractivity contribution in [1.29, 1.82) is 5.26 Å². The van der Waals surface area contributed by atoms with Gasteiger partial charge in [0.2, 0.25) is 5.91 Å². The maximum absolute atomic E-state index is 12.8. The Labute approximate surface area is 165 Å². The van der Waals surface area contributed by atoms with Crippen LogP contribution in [0.15, 0.2) is 48.5 Å². The van der Waals surface area contributed by atoms with Gasteiger partial charge in [0.25, 0.3) is 5.91 Å². The van der Waals surface area contributed by atoms with E-state index in [0.717, 1.165) is 32.6 Å². The maximum atomic E-state index is 12.8. The Hall–Kier alpha value is -3.17. The fourth-order valence-electron chi connectivity index (χ4n) is 3.36. The second-order valence-electron chi connectivity index (χ2n) is 6.99. The molecule has 0 radical (unpaired) electrons. The molecule has 0 atom stereocenters. The first-order valence-electron chi connectivity index (χ1n) is 9.43. The standard InChI is InChI=1S/C22H24N4O2/c1-17(27)24-21-9-7-20(8-10-21)22(28)26-12-2-11-25(13-14-26)16-19-5-3-18(15-23)4-6-19/h3-10H,2,11-14,16H2,1H3,(H,24,27). The zero-order valence-electron chi connectivity index (χ0n) is 16.0. The van der Waals surface area contributed by atoms with Crippen molar-refractivity contribution in [2.24, 2.45) is 0 Å². The molecule has 28 heavy (non-hydrogen) atoms. The van der Waals surface area contributed by atoms with Crippen molar-refractivity contribution in [1.82, 2.24) is 9.80 Å². The monoisotopic (exact) mass is 376 g/mol. The second kappa shape index (κ2) is 9.16. The highest BCUT2D eigenvalue weighted by Gasteiger charge is 2.20. The molecule has 0 aromatic heterocycles. The van der Waals surface area contributed by atoms with Crippen LogP contribution in [0.3, 0.4) is 0 Å². The maximum Gasteiger partial charge on any atom is 0.253 e. The number of anilines is 1. The van der Waals surface area contributed by atoms with E-state index >= 15 is 0 Å². The van der Waals surface area contributed by atoms with Gasteiger partial charge in [-0.2, -0.15) is 5.26 Å². The van der Waals surface area contributed by atoms with Crippen LogP contribution in [0.1, 0.15) is 34.8 Å². The van der Waals surface area contributed by atoms with E-state index in [4.69, 9.17) is 5.26 Å². The topological polar surface area (TPSA) is 76.4 Å². The number of amides is 2. The minimum Gasteiger partial charge on any atom is -0.337 e. The Morgan fingerprint density at radius 1 is 1.00 bits per heavy atom. The Bertz CT molecular complexity index is 869. The van der Waals surface area contributed by atoms with Crippen LogP contribution in [-0.2, 0) is 11.3 Å². The van der Waals surface area contributed by atoms with Crippen LogP contribution in [0.25, 0.3) is 0 Å². The number of hydrogen-bond acceptors (Lipinski definition) is 4. The number of nitrogens with zero attached hydrogens (tertiary/aromatic N) is 3. The van der Waals surface area contributed by atoms with Crippen LogP contribution >= 0.6 is 0 Å². The van der Waals surface area contributed by atoms with Gasteiger partial charge in [0, 0.05) is 50.9 Å². The summed E-state index contributed by atoms with van der Waals surface area (Å²) in [6.07, 6.45) is 0.923. The lowest BCUT2D eigenvalue weighted by molar-refractivity contribution is -0.114. The lowest BCUT2D eigenvalue weighted by Gasteiger charge is -2.22. The molecule has 2 amide bonds. The average molecular weight is 376 g/mol. The Kier molecular flexibility index (Phi) is 6.41. The third kappa shape index (κ3) is 5.18. The molecule has 0 spiro atoms. The highest BCUT2D eigenvalue weighted by atomic mass is 16.2. The van der Waals surface area contributed by atoms with Crippen molar-refractivity contribution in [3.05, 3.63) is 65.2 Å². The van der Waals surface area contributed by atoms with Crippen LogP contribution in [0.5, 0.6) is 0 Å². The molecule has 1 N–H and O–H groups in total. The number of benzene rings is 2. The molecule has 1 saturated heterocycles. The number of hydrogen-bond donors (Lipinski definition) is 1. The van der Waals surface area contributed by atoms with Crippen LogP contribution in [0.4, 0.5) is 5.69 Å². The van der Waals surface area contributed by atoms with Gasteiger partial charge in [0.1, 0.15) is 0 Å². The van der Waals surface area contributed by atoms with E-state index in [0.29, 0.717) is 23.4 Å². The van der Waals surface area contributed by atoms with Gasteiger partial charge in [-0.3, -0.25) is 14.5 Å². The zero-order chi connectivity index (χ0) is 19.9. The third-order valence-electron chi connectivity index (χ3n) is 4.82. The summed E-state index contributed by atoms with van der Waals surface area (Å²) in [5.41, 5.74) is 3.16. The lowest BCUT2D eigenvalue weighted by Crippen LogP contribution is -2.35. The molecule has 6 heteroatoms. The van der Waals surface area contributed by atoms with Crippen LogP contribution < -0.4 is 5.32 Å². The highest BCUT2D eigenvalue weighted by Crippen LogP contribution is 2.15. The molecule has 0 saturated carbocycles. The van der Waals surface area contributed by atoms with Crippen molar-refractivity contribution in [3.63, 3.8) is 0 Å². The van der Waals surface area contributed by atoms with Gasteiger partial charge in [0.05, 0.1) is 11.6 Å². The summed E-state index contributed by atoms with van der Waals surface area (Å²) in [6.45, 7) is 5.44. The van der Waals surface area contributed by atoms with Gasteiger partial charge in [-0.1, -0.05) is 12.1 Å². The van der Waals surface area contributed by atoms with Gasteiger partial charge < -0.3 is 10.2 Å². The van der Waals surface area contributed by atoms with E-state index in [1.807, 2.05) is 29.2 Å². The minimum absolute atomic E-state index is 0.0228. The molecule has 2 aromatic rings. The normalized spacial score (nSPS) is 14.8. The van der Waals surface area contributed by atoms with Crippen molar-refractivity contribution in [2.45, 2.75) is 19.9 Å². The van der Waals surface area contributed by atoms with E-state index < -0.39 is 0 Å². The quantitative estimate of drug-likeness (QED) is 0.890. The van der Waals surface area contributed by atoms with Crippen molar-refractivity contribution in [3.8, 4) is 6.07 Å². The fourth-order valence-corrected chi connectivity index (χ4v) is 3.36. The van der Waals surface area contributed by atoms with Crippen LogP contribution in [0.2, 0.25) is 0 Å². The number of rotatable bonds is 4. The first-order chi connectivity index (χ1) is 13.5. The molecule has 2 aromatic carbocycles. The molecule has 144 valence electrons. The van der Waals surface area contributed by atoms with E-state index in [9.17, 15) is 9.59 Å². The van der Waals surface area contributed by atoms with E-state index in [1.54, 1.807) is 24.3 Å². The van der Waals surface area contributed by atoms with Gasteiger partial charge in [-0.15, -0.1) is 0 Å². The second-order valence-corrected chi connectivity index (χ2v) is 6.99. The van der Waals surface area contributed by atoms with Gasteiger partial charge in [0.15, 0.2) is 0 Å².